The molecule has 1 N–H and O–H groups in total. The monoisotopic (exact) mass is 351 g/mol. The molecule has 0 radical (unpaired) electrons. The molecule has 0 aliphatic heterocycles. The zero-order valence-electron chi connectivity index (χ0n) is 12.0. The van der Waals surface area contributed by atoms with Crippen molar-refractivity contribution in [3.05, 3.63) is 69.2 Å². The molecule has 3 heteroatoms. The molecule has 0 bridgehead atoms. The lowest BCUT2D eigenvalue weighted by atomic mass is 9.92. The molecule has 2 aromatic rings. The Labute approximate surface area is 134 Å². The average Bonchev–Trinajstić information content (AvgIpc) is 2.38. The summed E-state index contributed by atoms with van der Waals surface area (Å²) < 4.78 is 1.10. The molecular formula is C17H19BrClN. The van der Waals surface area contributed by atoms with E-state index in [-0.39, 0.29) is 11.6 Å². The van der Waals surface area contributed by atoms with Crippen LogP contribution < -0.4 is 5.32 Å². The maximum absolute atomic E-state index is 6.06. The van der Waals surface area contributed by atoms with Crippen molar-refractivity contribution < 1.29 is 0 Å². The van der Waals surface area contributed by atoms with Crippen molar-refractivity contribution in [2.24, 2.45) is 0 Å². The Morgan fingerprint density at radius 3 is 2.35 bits per heavy atom. The standard InChI is InChI=1S/C17H19BrClN/c1-12(13-5-4-6-16(19)11-13)20-17(2,3)14-7-9-15(18)10-8-14/h4-12,20H,1-3H3. The van der Waals surface area contributed by atoms with Gasteiger partial charge in [-0.2, -0.15) is 0 Å². The van der Waals surface area contributed by atoms with Crippen LogP contribution in [0.25, 0.3) is 0 Å². The minimum atomic E-state index is -0.109. The van der Waals surface area contributed by atoms with Crippen molar-refractivity contribution in [3.8, 4) is 0 Å². The molecule has 2 rings (SSSR count). The summed E-state index contributed by atoms with van der Waals surface area (Å²) >= 11 is 9.53. The zero-order valence-corrected chi connectivity index (χ0v) is 14.3. The van der Waals surface area contributed by atoms with Gasteiger partial charge in [0.25, 0.3) is 0 Å². The van der Waals surface area contributed by atoms with E-state index in [1.165, 1.54) is 11.1 Å². The topological polar surface area (TPSA) is 12.0 Å². The van der Waals surface area contributed by atoms with Crippen LogP contribution in [0.15, 0.2) is 53.0 Å². The molecule has 106 valence electrons. The van der Waals surface area contributed by atoms with Crippen molar-refractivity contribution >= 4 is 27.5 Å². The minimum Gasteiger partial charge on any atom is -0.301 e. The van der Waals surface area contributed by atoms with Gasteiger partial charge in [-0.15, -0.1) is 0 Å². The van der Waals surface area contributed by atoms with E-state index >= 15 is 0 Å². The van der Waals surface area contributed by atoms with Crippen molar-refractivity contribution in [2.45, 2.75) is 32.4 Å². The van der Waals surface area contributed by atoms with Gasteiger partial charge in [0.15, 0.2) is 0 Å². The molecule has 0 amide bonds. The molecule has 1 nitrogen and oxygen atoms in total. The summed E-state index contributed by atoms with van der Waals surface area (Å²) in [6.07, 6.45) is 0. The van der Waals surface area contributed by atoms with Crippen molar-refractivity contribution in [1.82, 2.24) is 5.32 Å². The number of hydrogen-bond acceptors (Lipinski definition) is 1. The summed E-state index contributed by atoms with van der Waals surface area (Å²) in [7, 11) is 0. The van der Waals surface area contributed by atoms with Gasteiger partial charge in [-0.3, -0.25) is 0 Å². The van der Waals surface area contributed by atoms with Crippen molar-refractivity contribution in [2.75, 3.05) is 0 Å². The molecule has 1 unspecified atom stereocenters. The van der Waals surface area contributed by atoms with Gasteiger partial charge in [0.1, 0.15) is 0 Å². The van der Waals surface area contributed by atoms with Gasteiger partial charge >= 0.3 is 0 Å². The zero-order chi connectivity index (χ0) is 14.8. The summed E-state index contributed by atoms with van der Waals surface area (Å²) in [6, 6.07) is 16.7. The van der Waals surface area contributed by atoms with Gasteiger partial charge in [-0.05, 0) is 56.2 Å². The lowest BCUT2D eigenvalue weighted by Crippen LogP contribution is -2.38. The van der Waals surface area contributed by atoms with Crippen LogP contribution in [-0.4, -0.2) is 0 Å². The van der Waals surface area contributed by atoms with E-state index < -0.39 is 0 Å². The molecule has 0 aliphatic rings. The largest absolute Gasteiger partial charge is 0.301 e. The number of rotatable bonds is 4. The Morgan fingerprint density at radius 1 is 1.10 bits per heavy atom. The minimum absolute atomic E-state index is 0.109. The van der Waals surface area contributed by atoms with Crippen LogP contribution in [-0.2, 0) is 5.54 Å². The number of nitrogens with one attached hydrogen (secondary N) is 1. The summed E-state index contributed by atoms with van der Waals surface area (Å²) in [5.74, 6) is 0. The summed E-state index contributed by atoms with van der Waals surface area (Å²) in [5.41, 5.74) is 2.35. The number of hydrogen-bond donors (Lipinski definition) is 1. The third kappa shape index (κ3) is 3.85. The van der Waals surface area contributed by atoms with Gasteiger partial charge < -0.3 is 5.32 Å². The van der Waals surface area contributed by atoms with Crippen LogP contribution in [0, 0.1) is 0 Å². The van der Waals surface area contributed by atoms with Crippen LogP contribution in [0.2, 0.25) is 5.02 Å². The van der Waals surface area contributed by atoms with Crippen LogP contribution in [0.4, 0.5) is 0 Å². The van der Waals surface area contributed by atoms with E-state index in [1.807, 2.05) is 18.2 Å². The van der Waals surface area contributed by atoms with Crippen LogP contribution in [0.1, 0.15) is 37.9 Å². The van der Waals surface area contributed by atoms with E-state index in [1.54, 1.807) is 0 Å². The van der Waals surface area contributed by atoms with E-state index in [4.69, 9.17) is 11.6 Å². The molecule has 0 saturated heterocycles. The number of halogens is 2. The summed E-state index contributed by atoms with van der Waals surface area (Å²) in [6.45, 7) is 6.54. The predicted molar refractivity (Wildman–Crippen MR) is 90.2 cm³/mol. The fraction of sp³-hybridized carbons (Fsp3) is 0.294. The Balaban J connectivity index is 2.17. The first kappa shape index (κ1) is 15.6. The SMILES string of the molecule is CC(NC(C)(C)c1ccc(Br)cc1)c1cccc(Cl)c1. The number of benzene rings is 2. The highest BCUT2D eigenvalue weighted by Crippen LogP contribution is 2.26. The van der Waals surface area contributed by atoms with Crippen LogP contribution in [0.5, 0.6) is 0 Å². The Bertz CT molecular complexity index is 578. The van der Waals surface area contributed by atoms with Gasteiger partial charge in [0, 0.05) is 21.1 Å². The maximum atomic E-state index is 6.06. The van der Waals surface area contributed by atoms with Crippen molar-refractivity contribution in [3.63, 3.8) is 0 Å². The lowest BCUT2D eigenvalue weighted by molar-refractivity contribution is 0.357. The van der Waals surface area contributed by atoms with Gasteiger partial charge in [0.05, 0.1) is 0 Å². The second-order valence-electron chi connectivity index (χ2n) is 5.55. The van der Waals surface area contributed by atoms with E-state index in [0.29, 0.717) is 0 Å². The maximum Gasteiger partial charge on any atom is 0.0409 e. The molecule has 0 aromatic heterocycles. The fourth-order valence-electron chi connectivity index (χ4n) is 2.35. The molecule has 1 atom stereocenters. The Kier molecular flexibility index (Phi) is 4.90. The fourth-order valence-corrected chi connectivity index (χ4v) is 2.81. The van der Waals surface area contributed by atoms with Gasteiger partial charge in [-0.1, -0.05) is 51.8 Å². The highest BCUT2D eigenvalue weighted by Gasteiger charge is 2.22. The molecule has 2 aromatic carbocycles. The summed E-state index contributed by atoms with van der Waals surface area (Å²) in [5, 5.41) is 4.44. The van der Waals surface area contributed by atoms with Gasteiger partial charge in [-0.25, -0.2) is 0 Å². The second kappa shape index (κ2) is 6.30. The van der Waals surface area contributed by atoms with Crippen molar-refractivity contribution in [1.29, 1.82) is 0 Å². The molecule has 0 fully saturated rings. The predicted octanol–water partition coefficient (Wildman–Crippen LogP) is 5.69. The van der Waals surface area contributed by atoms with Gasteiger partial charge in [0.2, 0.25) is 0 Å². The first-order chi connectivity index (χ1) is 9.38. The quantitative estimate of drug-likeness (QED) is 0.745. The van der Waals surface area contributed by atoms with E-state index in [9.17, 15) is 0 Å². The molecule has 20 heavy (non-hydrogen) atoms. The average molecular weight is 353 g/mol. The first-order valence-corrected chi connectivity index (χ1v) is 7.85. The highest BCUT2D eigenvalue weighted by atomic mass is 79.9. The second-order valence-corrected chi connectivity index (χ2v) is 6.91. The molecule has 0 heterocycles. The highest BCUT2D eigenvalue weighted by molar-refractivity contribution is 9.10. The van der Waals surface area contributed by atoms with Crippen LogP contribution in [0.3, 0.4) is 0 Å². The van der Waals surface area contributed by atoms with E-state index in [2.05, 4.69) is 72.3 Å². The van der Waals surface area contributed by atoms with Crippen LogP contribution >= 0.6 is 27.5 Å². The molecule has 0 saturated carbocycles. The first-order valence-electron chi connectivity index (χ1n) is 6.68. The normalized spacial score (nSPS) is 13.2. The third-order valence-electron chi connectivity index (χ3n) is 3.49. The lowest BCUT2D eigenvalue weighted by Gasteiger charge is -2.31. The van der Waals surface area contributed by atoms with E-state index in [0.717, 1.165) is 9.50 Å². The molecular weight excluding hydrogens is 334 g/mol. The Morgan fingerprint density at radius 2 is 1.75 bits per heavy atom. The Hall–Kier alpha value is -0.830. The molecule has 0 aliphatic carbocycles. The third-order valence-corrected chi connectivity index (χ3v) is 4.26. The smallest absolute Gasteiger partial charge is 0.0409 e. The molecule has 0 spiro atoms. The summed E-state index contributed by atoms with van der Waals surface area (Å²) in [4.78, 5) is 0.